The van der Waals surface area contributed by atoms with Crippen molar-refractivity contribution in [3.63, 3.8) is 0 Å². The van der Waals surface area contributed by atoms with E-state index in [1.54, 1.807) is 11.3 Å². The minimum atomic E-state index is 0. The first-order valence-corrected chi connectivity index (χ1v) is 7.58. The zero-order valence-electron chi connectivity index (χ0n) is 10.3. The molecule has 3 nitrogen and oxygen atoms in total. The SMILES string of the molecule is Cl.Clc1ncc(CN(CC2CCCN2)C2CC2)s1. The largest absolute Gasteiger partial charge is 0.313 e. The number of rotatable bonds is 5. The number of thiazole rings is 1. The van der Waals surface area contributed by atoms with Crippen molar-refractivity contribution in [3.8, 4) is 0 Å². The molecule has 1 unspecified atom stereocenters. The first kappa shape index (κ1) is 14.5. The van der Waals surface area contributed by atoms with Gasteiger partial charge in [0.05, 0.1) is 0 Å². The average Bonchev–Trinajstić information content (AvgIpc) is 2.89. The molecule has 1 atom stereocenters. The van der Waals surface area contributed by atoms with Gasteiger partial charge in [0, 0.05) is 36.2 Å². The summed E-state index contributed by atoms with van der Waals surface area (Å²) >= 11 is 7.50. The summed E-state index contributed by atoms with van der Waals surface area (Å²) in [6, 6.07) is 1.50. The van der Waals surface area contributed by atoms with Crippen LogP contribution in [0.4, 0.5) is 0 Å². The predicted molar refractivity (Wildman–Crippen MR) is 78.8 cm³/mol. The third-order valence-electron chi connectivity index (χ3n) is 3.56. The maximum absolute atomic E-state index is 5.89. The van der Waals surface area contributed by atoms with Crippen molar-refractivity contribution in [2.75, 3.05) is 13.1 Å². The molecule has 1 saturated heterocycles. The molecule has 102 valence electrons. The van der Waals surface area contributed by atoms with Crippen molar-refractivity contribution in [2.45, 2.75) is 44.3 Å². The molecule has 1 aliphatic carbocycles. The van der Waals surface area contributed by atoms with Crippen LogP contribution >= 0.6 is 35.3 Å². The highest BCUT2D eigenvalue weighted by Crippen LogP contribution is 2.30. The number of nitrogens with one attached hydrogen (secondary N) is 1. The Labute approximate surface area is 123 Å². The van der Waals surface area contributed by atoms with Crippen molar-refractivity contribution in [2.24, 2.45) is 0 Å². The first-order valence-electron chi connectivity index (χ1n) is 6.39. The Hall–Kier alpha value is 0.130. The lowest BCUT2D eigenvalue weighted by atomic mass is 10.2. The van der Waals surface area contributed by atoms with E-state index in [0.717, 1.165) is 12.6 Å². The van der Waals surface area contributed by atoms with Crippen molar-refractivity contribution in [3.05, 3.63) is 15.5 Å². The normalized spacial score (nSPS) is 23.3. The Morgan fingerprint density at radius 1 is 1.44 bits per heavy atom. The van der Waals surface area contributed by atoms with E-state index in [1.807, 2.05) is 6.20 Å². The Balaban J connectivity index is 0.00000120. The van der Waals surface area contributed by atoms with Crippen LogP contribution in [-0.2, 0) is 6.54 Å². The summed E-state index contributed by atoms with van der Waals surface area (Å²) in [5.41, 5.74) is 0. The smallest absolute Gasteiger partial charge is 0.183 e. The summed E-state index contributed by atoms with van der Waals surface area (Å²) in [7, 11) is 0. The van der Waals surface area contributed by atoms with Crippen molar-refractivity contribution in [1.29, 1.82) is 0 Å². The van der Waals surface area contributed by atoms with Gasteiger partial charge in [-0.1, -0.05) is 11.6 Å². The van der Waals surface area contributed by atoms with Gasteiger partial charge in [0.1, 0.15) is 0 Å². The molecular formula is C12H19Cl2N3S. The van der Waals surface area contributed by atoms with Crippen LogP contribution in [-0.4, -0.2) is 35.1 Å². The predicted octanol–water partition coefficient (Wildman–Crippen LogP) is 2.93. The molecule has 0 spiro atoms. The van der Waals surface area contributed by atoms with Crippen molar-refractivity contribution >= 4 is 35.3 Å². The van der Waals surface area contributed by atoms with Crippen LogP contribution in [0.3, 0.4) is 0 Å². The Kier molecular flexibility index (Phi) is 5.27. The molecule has 1 aromatic heterocycles. The monoisotopic (exact) mass is 307 g/mol. The van der Waals surface area contributed by atoms with E-state index in [0.29, 0.717) is 10.5 Å². The number of halogens is 2. The van der Waals surface area contributed by atoms with Gasteiger partial charge in [0.15, 0.2) is 4.47 Å². The van der Waals surface area contributed by atoms with Gasteiger partial charge < -0.3 is 5.32 Å². The zero-order valence-corrected chi connectivity index (χ0v) is 12.7. The highest BCUT2D eigenvalue weighted by molar-refractivity contribution is 7.15. The average molecular weight is 308 g/mol. The van der Waals surface area contributed by atoms with E-state index in [9.17, 15) is 0 Å². The summed E-state index contributed by atoms with van der Waals surface area (Å²) in [6.07, 6.45) is 7.30. The number of nitrogens with zero attached hydrogens (tertiary/aromatic N) is 2. The van der Waals surface area contributed by atoms with E-state index >= 15 is 0 Å². The van der Waals surface area contributed by atoms with Gasteiger partial charge in [-0.3, -0.25) is 4.90 Å². The molecular weight excluding hydrogens is 289 g/mol. The first-order chi connectivity index (χ1) is 8.31. The topological polar surface area (TPSA) is 28.2 Å². The summed E-state index contributed by atoms with van der Waals surface area (Å²) in [6.45, 7) is 3.39. The molecule has 0 bridgehead atoms. The minimum absolute atomic E-state index is 0. The fourth-order valence-electron chi connectivity index (χ4n) is 2.53. The van der Waals surface area contributed by atoms with Crippen molar-refractivity contribution in [1.82, 2.24) is 15.2 Å². The van der Waals surface area contributed by atoms with Gasteiger partial charge in [-0.2, -0.15) is 0 Å². The van der Waals surface area contributed by atoms with Gasteiger partial charge in [0.25, 0.3) is 0 Å². The van der Waals surface area contributed by atoms with E-state index in [1.165, 1.54) is 43.6 Å². The van der Waals surface area contributed by atoms with Crippen LogP contribution < -0.4 is 5.32 Å². The molecule has 3 rings (SSSR count). The fourth-order valence-corrected chi connectivity index (χ4v) is 3.54. The number of aromatic nitrogens is 1. The highest BCUT2D eigenvalue weighted by Gasteiger charge is 2.31. The van der Waals surface area contributed by atoms with Crippen LogP contribution in [0.2, 0.25) is 4.47 Å². The van der Waals surface area contributed by atoms with E-state index in [2.05, 4.69) is 15.2 Å². The summed E-state index contributed by atoms with van der Waals surface area (Å²) < 4.78 is 0.662. The number of hydrogen-bond acceptors (Lipinski definition) is 4. The summed E-state index contributed by atoms with van der Waals surface area (Å²) in [5.74, 6) is 0. The molecule has 2 fully saturated rings. The van der Waals surface area contributed by atoms with Crippen LogP contribution in [0, 0.1) is 0 Å². The van der Waals surface area contributed by atoms with Crippen LogP contribution in [0.5, 0.6) is 0 Å². The molecule has 1 aliphatic heterocycles. The van der Waals surface area contributed by atoms with E-state index in [4.69, 9.17) is 11.6 Å². The molecule has 0 amide bonds. The molecule has 2 aliphatic rings. The maximum Gasteiger partial charge on any atom is 0.183 e. The molecule has 1 aromatic rings. The summed E-state index contributed by atoms with van der Waals surface area (Å²) in [4.78, 5) is 8.02. The van der Waals surface area contributed by atoms with Crippen LogP contribution in [0.15, 0.2) is 6.20 Å². The van der Waals surface area contributed by atoms with Gasteiger partial charge in [-0.15, -0.1) is 23.7 Å². The minimum Gasteiger partial charge on any atom is -0.313 e. The Bertz CT molecular complexity index is 375. The second kappa shape index (κ2) is 6.53. The fraction of sp³-hybridized carbons (Fsp3) is 0.750. The van der Waals surface area contributed by atoms with Gasteiger partial charge in [-0.25, -0.2) is 4.98 Å². The third kappa shape index (κ3) is 3.81. The third-order valence-corrected chi connectivity index (χ3v) is 4.66. The summed E-state index contributed by atoms with van der Waals surface area (Å²) in [5, 5.41) is 3.58. The standard InChI is InChI=1S/C12H18ClN3S.ClH/c13-12-15-6-11(17-12)8-16(10-3-4-10)7-9-2-1-5-14-9;/h6,9-10,14H,1-5,7-8H2;1H. The zero-order chi connectivity index (χ0) is 11.7. The molecule has 0 radical (unpaired) electrons. The Morgan fingerprint density at radius 3 is 2.83 bits per heavy atom. The van der Waals surface area contributed by atoms with E-state index < -0.39 is 0 Å². The quantitative estimate of drug-likeness (QED) is 0.906. The van der Waals surface area contributed by atoms with Crippen LogP contribution in [0.1, 0.15) is 30.6 Å². The molecule has 1 saturated carbocycles. The lowest BCUT2D eigenvalue weighted by Gasteiger charge is -2.24. The maximum atomic E-state index is 5.89. The molecule has 18 heavy (non-hydrogen) atoms. The lowest BCUT2D eigenvalue weighted by Crippen LogP contribution is -2.38. The highest BCUT2D eigenvalue weighted by atomic mass is 35.5. The number of hydrogen-bond donors (Lipinski definition) is 1. The molecule has 0 aromatic carbocycles. The van der Waals surface area contributed by atoms with E-state index in [-0.39, 0.29) is 12.4 Å². The molecule has 6 heteroatoms. The van der Waals surface area contributed by atoms with Crippen molar-refractivity contribution < 1.29 is 0 Å². The Morgan fingerprint density at radius 2 is 2.28 bits per heavy atom. The van der Waals surface area contributed by atoms with Gasteiger partial charge >= 0.3 is 0 Å². The van der Waals surface area contributed by atoms with Gasteiger partial charge in [0.2, 0.25) is 0 Å². The second-order valence-electron chi connectivity index (χ2n) is 5.03. The van der Waals surface area contributed by atoms with Gasteiger partial charge in [-0.05, 0) is 32.2 Å². The second-order valence-corrected chi connectivity index (χ2v) is 6.73. The molecule has 2 heterocycles. The van der Waals surface area contributed by atoms with Crippen LogP contribution in [0.25, 0.3) is 0 Å². The lowest BCUT2D eigenvalue weighted by molar-refractivity contribution is 0.233. The molecule has 1 N–H and O–H groups in total.